The van der Waals surface area contributed by atoms with Crippen molar-refractivity contribution in [2.24, 2.45) is 0 Å². The van der Waals surface area contributed by atoms with Crippen molar-refractivity contribution < 1.29 is 14.3 Å². The van der Waals surface area contributed by atoms with E-state index < -0.39 is 0 Å². The topological polar surface area (TPSA) is 80.3 Å². The van der Waals surface area contributed by atoms with Gasteiger partial charge >= 0.3 is 0 Å². The molecule has 3 rings (SSSR count). The highest BCUT2D eigenvalue weighted by atomic mass is 79.9. The van der Waals surface area contributed by atoms with Gasteiger partial charge in [-0.2, -0.15) is 0 Å². The van der Waals surface area contributed by atoms with Gasteiger partial charge in [-0.25, -0.2) is 0 Å². The number of para-hydroxylation sites is 1. The summed E-state index contributed by atoms with van der Waals surface area (Å²) in [6, 6.07) is 15.3. The lowest BCUT2D eigenvalue weighted by molar-refractivity contribution is 0.102. The highest BCUT2D eigenvalue weighted by Gasteiger charge is 2.15. The number of aromatic nitrogens is 1. The number of methoxy groups -OCH3 is 1. The molecule has 0 bridgehead atoms. The van der Waals surface area contributed by atoms with Crippen LogP contribution >= 0.6 is 15.9 Å². The lowest BCUT2D eigenvalue weighted by Gasteiger charge is -2.12. The number of ether oxygens (including phenoxy) is 1. The average Bonchev–Trinajstić information content (AvgIpc) is 2.69. The van der Waals surface area contributed by atoms with Crippen LogP contribution in [0.5, 0.6) is 5.75 Å². The number of rotatable bonds is 5. The number of hydrogen-bond acceptors (Lipinski definition) is 4. The zero-order valence-electron chi connectivity index (χ0n) is 14.4. The number of nitrogens with one attached hydrogen (secondary N) is 2. The maximum atomic E-state index is 12.6. The summed E-state index contributed by atoms with van der Waals surface area (Å²) < 4.78 is 5.84. The fourth-order valence-electron chi connectivity index (χ4n) is 2.43. The van der Waals surface area contributed by atoms with Gasteiger partial charge in [-0.15, -0.1) is 0 Å². The van der Waals surface area contributed by atoms with Crippen molar-refractivity contribution in [3.8, 4) is 5.75 Å². The molecule has 0 unspecified atom stereocenters. The lowest BCUT2D eigenvalue weighted by atomic mass is 10.1. The Labute approximate surface area is 164 Å². The van der Waals surface area contributed by atoms with Crippen molar-refractivity contribution in [2.75, 3.05) is 17.7 Å². The van der Waals surface area contributed by atoms with Gasteiger partial charge in [0, 0.05) is 11.8 Å². The van der Waals surface area contributed by atoms with Crippen molar-refractivity contribution in [3.63, 3.8) is 0 Å². The number of carbonyl (C=O) groups is 2. The molecule has 0 spiro atoms. The molecule has 3 aromatic rings. The van der Waals surface area contributed by atoms with Gasteiger partial charge < -0.3 is 15.4 Å². The molecule has 1 heterocycles. The quantitative estimate of drug-likeness (QED) is 0.636. The van der Waals surface area contributed by atoms with Crippen LogP contribution < -0.4 is 15.4 Å². The van der Waals surface area contributed by atoms with Gasteiger partial charge in [-0.3, -0.25) is 14.6 Å². The van der Waals surface area contributed by atoms with E-state index in [0.717, 1.165) is 0 Å². The van der Waals surface area contributed by atoms with Gasteiger partial charge in [0.1, 0.15) is 5.75 Å². The minimum atomic E-state index is -0.338. The molecule has 2 amide bonds. The van der Waals surface area contributed by atoms with Crippen molar-refractivity contribution >= 4 is 39.1 Å². The third-order valence-corrected chi connectivity index (χ3v) is 4.37. The summed E-state index contributed by atoms with van der Waals surface area (Å²) in [4.78, 5) is 29.1. The smallest absolute Gasteiger partial charge is 0.257 e. The summed E-state index contributed by atoms with van der Waals surface area (Å²) in [5, 5.41) is 5.54. The molecule has 2 aromatic carbocycles. The number of carbonyl (C=O) groups excluding carboxylic acids is 2. The van der Waals surface area contributed by atoms with E-state index in [1.54, 1.807) is 74.1 Å². The maximum Gasteiger partial charge on any atom is 0.257 e. The van der Waals surface area contributed by atoms with Crippen LogP contribution in [0.25, 0.3) is 0 Å². The van der Waals surface area contributed by atoms with Crippen LogP contribution in [0.2, 0.25) is 0 Å². The van der Waals surface area contributed by atoms with E-state index in [1.165, 1.54) is 0 Å². The Hall–Kier alpha value is -3.19. The second-order valence-electron chi connectivity index (χ2n) is 5.54. The highest BCUT2D eigenvalue weighted by molar-refractivity contribution is 9.10. The molecule has 0 saturated carbocycles. The fourth-order valence-corrected chi connectivity index (χ4v) is 2.97. The van der Waals surface area contributed by atoms with Crippen molar-refractivity contribution in [1.29, 1.82) is 0 Å². The van der Waals surface area contributed by atoms with Crippen LogP contribution in [-0.4, -0.2) is 23.9 Å². The summed E-state index contributed by atoms with van der Waals surface area (Å²) in [5.74, 6) is -0.0439. The normalized spacial score (nSPS) is 10.1. The van der Waals surface area contributed by atoms with Crippen LogP contribution in [0, 0.1) is 0 Å². The first-order valence-electron chi connectivity index (χ1n) is 8.04. The number of hydrogen-bond donors (Lipinski definition) is 2. The van der Waals surface area contributed by atoms with E-state index >= 15 is 0 Å². The fraction of sp³-hybridized carbons (Fsp3) is 0.0500. The summed E-state index contributed by atoms with van der Waals surface area (Å²) in [5.41, 5.74) is 1.77. The maximum absolute atomic E-state index is 12.6. The van der Waals surface area contributed by atoms with Gasteiger partial charge in [-0.05, 0) is 58.4 Å². The average molecular weight is 426 g/mol. The zero-order chi connectivity index (χ0) is 19.2. The van der Waals surface area contributed by atoms with Crippen LogP contribution in [0.1, 0.15) is 20.7 Å². The number of anilines is 2. The van der Waals surface area contributed by atoms with E-state index in [0.29, 0.717) is 32.7 Å². The molecule has 6 nitrogen and oxygen atoms in total. The molecule has 0 atom stereocenters. The van der Waals surface area contributed by atoms with Crippen molar-refractivity contribution in [3.05, 3.63) is 82.6 Å². The van der Waals surface area contributed by atoms with Crippen molar-refractivity contribution in [2.45, 2.75) is 0 Å². The first-order chi connectivity index (χ1) is 13.1. The molecule has 7 heteroatoms. The van der Waals surface area contributed by atoms with Gasteiger partial charge in [0.25, 0.3) is 11.8 Å². The minimum Gasteiger partial charge on any atom is -0.496 e. The molecule has 136 valence electrons. The van der Waals surface area contributed by atoms with Crippen LogP contribution in [-0.2, 0) is 0 Å². The Kier molecular flexibility index (Phi) is 5.83. The lowest BCUT2D eigenvalue weighted by Crippen LogP contribution is -2.18. The molecule has 1 aromatic heterocycles. The van der Waals surface area contributed by atoms with Crippen LogP contribution in [0.15, 0.2) is 71.5 Å². The molecule has 2 N–H and O–H groups in total. The first kappa shape index (κ1) is 18.6. The predicted octanol–water partition coefficient (Wildman–Crippen LogP) is 4.36. The third-order valence-electron chi connectivity index (χ3n) is 3.75. The standard InChI is InChI=1S/C20H16BrN3O3/c1-27-18-9-8-13(11-16(18)21)19(25)24-17-7-3-2-6-15(17)20(26)23-14-5-4-10-22-12-14/h2-12H,1H3,(H,23,26)(H,24,25). The van der Waals surface area contributed by atoms with Gasteiger partial charge in [0.2, 0.25) is 0 Å². The number of halogens is 1. The SMILES string of the molecule is COc1ccc(C(=O)Nc2ccccc2C(=O)Nc2cccnc2)cc1Br. The van der Waals surface area contributed by atoms with E-state index in [9.17, 15) is 9.59 Å². The second-order valence-corrected chi connectivity index (χ2v) is 6.40. The molecule has 27 heavy (non-hydrogen) atoms. The molecule has 0 fully saturated rings. The zero-order valence-corrected chi connectivity index (χ0v) is 16.0. The summed E-state index contributed by atoms with van der Waals surface area (Å²) >= 11 is 3.36. The third kappa shape index (κ3) is 4.51. The van der Waals surface area contributed by atoms with Crippen molar-refractivity contribution in [1.82, 2.24) is 4.98 Å². The molecular weight excluding hydrogens is 410 g/mol. The largest absolute Gasteiger partial charge is 0.496 e. The molecule has 0 aliphatic rings. The van der Waals surface area contributed by atoms with E-state index in [2.05, 4.69) is 31.5 Å². The molecular formula is C20H16BrN3O3. The Morgan fingerprint density at radius 2 is 1.81 bits per heavy atom. The number of amides is 2. The van der Waals surface area contributed by atoms with E-state index in [-0.39, 0.29) is 11.8 Å². The minimum absolute atomic E-state index is 0.333. The van der Waals surface area contributed by atoms with Gasteiger partial charge in [-0.1, -0.05) is 12.1 Å². The Bertz CT molecular complexity index is 977. The van der Waals surface area contributed by atoms with E-state index in [1.807, 2.05) is 0 Å². The first-order valence-corrected chi connectivity index (χ1v) is 8.83. The van der Waals surface area contributed by atoms with Gasteiger partial charge in [0.15, 0.2) is 0 Å². The Morgan fingerprint density at radius 3 is 2.52 bits per heavy atom. The molecule has 0 aliphatic heterocycles. The van der Waals surface area contributed by atoms with Crippen LogP contribution in [0.4, 0.5) is 11.4 Å². The Balaban J connectivity index is 1.80. The number of benzene rings is 2. The summed E-state index contributed by atoms with van der Waals surface area (Å²) in [6.07, 6.45) is 3.17. The second kappa shape index (κ2) is 8.46. The molecule has 0 aliphatic carbocycles. The monoisotopic (exact) mass is 425 g/mol. The van der Waals surface area contributed by atoms with Crippen LogP contribution in [0.3, 0.4) is 0 Å². The summed E-state index contributed by atoms with van der Waals surface area (Å²) in [7, 11) is 1.55. The number of nitrogens with zero attached hydrogens (tertiary/aromatic N) is 1. The Morgan fingerprint density at radius 1 is 1.00 bits per heavy atom. The molecule has 0 radical (unpaired) electrons. The van der Waals surface area contributed by atoms with E-state index in [4.69, 9.17) is 4.74 Å². The predicted molar refractivity (Wildman–Crippen MR) is 107 cm³/mol. The highest BCUT2D eigenvalue weighted by Crippen LogP contribution is 2.26. The molecule has 0 saturated heterocycles. The number of pyridine rings is 1. The summed E-state index contributed by atoms with van der Waals surface area (Å²) in [6.45, 7) is 0. The van der Waals surface area contributed by atoms with Gasteiger partial charge in [0.05, 0.1) is 34.7 Å².